The lowest BCUT2D eigenvalue weighted by Gasteiger charge is -2.16. The summed E-state index contributed by atoms with van der Waals surface area (Å²) in [5, 5.41) is 2.95. The zero-order chi connectivity index (χ0) is 18.4. The molecule has 0 aromatic heterocycles. The van der Waals surface area contributed by atoms with Crippen LogP contribution in [0.3, 0.4) is 0 Å². The van der Waals surface area contributed by atoms with Gasteiger partial charge in [0.05, 0.1) is 7.11 Å². The summed E-state index contributed by atoms with van der Waals surface area (Å²) in [6.45, 7) is 1.29. The third-order valence-electron chi connectivity index (χ3n) is 4.61. The number of anilines is 1. The van der Waals surface area contributed by atoms with Gasteiger partial charge >= 0.3 is 0 Å². The standard InChI is InChI=1S/C21H24N2O3/c1-26-19-11-6-16(7-12-19)8-13-20(24)22-15-17-4-9-18(10-5-17)23-14-2-3-21(23)25/h4-7,9-12H,2-3,8,13-15H2,1H3,(H,22,24). The smallest absolute Gasteiger partial charge is 0.227 e. The summed E-state index contributed by atoms with van der Waals surface area (Å²) in [5.41, 5.74) is 3.07. The van der Waals surface area contributed by atoms with Crippen molar-refractivity contribution in [3.63, 3.8) is 0 Å². The van der Waals surface area contributed by atoms with Crippen LogP contribution in [0.4, 0.5) is 5.69 Å². The van der Waals surface area contributed by atoms with E-state index in [1.54, 1.807) is 7.11 Å². The molecule has 1 aliphatic rings. The highest BCUT2D eigenvalue weighted by molar-refractivity contribution is 5.95. The van der Waals surface area contributed by atoms with Gasteiger partial charge in [-0.25, -0.2) is 0 Å². The Kier molecular flexibility index (Phi) is 5.89. The minimum atomic E-state index is 0.0274. The van der Waals surface area contributed by atoms with Crippen molar-refractivity contribution in [3.8, 4) is 5.75 Å². The van der Waals surface area contributed by atoms with E-state index in [9.17, 15) is 9.59 Å². The van der Waals surface area contributed by atoms with Crippen LogP contribution in [0.1, 0.15) is 30.4 Å². The van der Waals surface area contributed by atoms with Gasteiger partial charge in [0.15, 0.2) is 0 Å². The van der Waals surface area contributed by atoms with Gasteiger partial charge in [0.25, 0.3) is 0 Å². The number of amides is 2. The molecule has 1 fully saturated rings. The Morgan fingerprint density at radius 1 is 1.08 bits per heavy atom. The number of hydrogen-bond donors (Lipinski definition) is 1. The predicted octanol–water partition coefficient (Wildman–Crippen LogP) is 3.07. The van der Waals surface area contributed by atoms with Gasteiger partial charge in [-0.1, -0.05) is 24.3 Å². The van der Waals surface area contributed by atoms with E-state index >= 15 is 0 Å². The number of carbonyl (C=O) groups excluding carboxylic acids is 2. The molecule has 0 radical (unpaired) electrons. The minimum Gasteiger partial charge on any atom is -0.497 e. The molecule has 1 heterocycles. The van der Waals surface area contributed by atoms with Crippen molar-refractivity contribution < 1.29 is 14.3 Å². The lowest BCUT2D eigenvalue weighted by Crippen LogP contribution is -2.24. The molecule has 5 heteroatoms. The number of carbonyl (C=O) groups is 2. The number of methoxy groups -OCH3 is 1. The van der Waals surface area contributed by atoms with Crippen molar-refractivity contribution in [2.75, 3.05) is 18.6 Å². The quantitative estimate of drug-likeness (QED) is 0.833. The molecule has 5 nitrogen and oxygen atoms in total. The monoisotopic (exact) mass is 352 g/mol. The maximum absolute atomic E-state index is 12.0. The second kappa shape index (κ2) is 8.52. The van der Waals surface area contributed by atoms with Crippen molar-refractivity contribution in [2.24, 2.45) is 0 Å². The minimum absolute atomic E-state index is 0.0274. The van der Waals surface area contributed by atoms with E-state index in [1.165, 1.54) is 0 Å². The third-order valence-corrected chi connectivity index (χ3v) is 4.61. The van der Waals surface area contributed by atoms with Crippen molar-refractivity contribution >= 4 is 17.5 Å². The zero-order valence-electron chi connectivity index (χ0n) is 15.0. The number of benzene rings is 2. The molecule has 0 bridgehead atoms. The second-order valence-corrected chi connectivity index (χ2v) is 6.44. The third kappa shape index (κ3) is 4.63. The van der Waals surface area contributed by atoms with Gasteiger partial charge in [0.2, 0.25) is 11.8 Å². The Hall–Kier alpha value is -2.82. The molecule has 0 saturated carbocycles. The summed E-state index contributed by atoms with van der Waals surface area (Å²) >= 11 is 0. The van der Waals surface area contributed by atoms with E-state index < -0.39 is 0 Å². The summed E-state index contributed by atoms with van der Waals surface area (Å²) in [6, 6.07) is 15.6. The van der Waals surface area contributed by atoms with E-state index in [0.717, 1.165) is 35.5 Å². The molecule has 0 aliphatic carbocycles. The molecule has 2 aromatic carbocycles. The molecular weight excluding hydrogens is 328 g/mol. The van der Waals surface area contributed by atoms with Crippen molar-refractivity contribution in [2.45, 2.75) is 32.2 Å². The molecule has 0 atom stereocenters. The Morgan fingerprint density at radius 3 is 2.38 bits per heavy atom. The van der Waals surface area contributed by atoms with Gasteiger partial charge in [0, 0.05) is 31.6 Å². The zero-order valence-corrected chi connectivity index (χ0v) is 15.0. The van der Waals surface area contributed by atoms with Gasteiger partial charge < -0.3 is 15.0 Å². The van der Waals surface area contributed by atoms with Crippen molar-refractivity contribution in [1.82, 2.24) is 5.32 Å². The Balaban J connectivity index is 1.44. The van der Waals surface area contributed by atoms with Gasteiger partial charge in [-0.15, -0.1) is 0 Å². The fraction of sp³-hybridized carbons (Fsp3) is 0.333. The SMILES string of the molecule is COc1ccc(CCC(=O)NCc2ccc(N3CCCC3=O)cc2)cc1. The highest BCUT2D eigenvalue weighted by atomic mass is 16.5. The number of ether oxygens (including phenoxy) is 1. The van der Waals surface area contributed by atoms with E-state index in [1.807, 2.05) is 53.4 Å². The van der Waals surface area contributed by atoms with Crippen LogP contribution in [0.5, 0.6) is 5.75 Å². The topological polar surface area (TPSA) is 58.6 Å². The van der Waals surface area contributed by atoms with Crippen LogP contribution >= 0.6 is 0 Å². The van der Waals surface area contributed by atoms with Crippen LogP contribution in [-0.4, -0.2) is 25.5 Å². The van der Waals surface area contributed by atoms with Gasteiger partial charge in [-0.2, -0.15) is 0 Å². The van der Waals surface area contributed by atoms with E-state index in [0.29, 0.717) is 25.8 Å². The first kappa shape index (κ1) is 18.0. The van der Waals surface area contributed by atoms with E-state index in [2.05, 4.69) is 5.32 Å². The van der Waals surface area contributed by atoms with Crippen LogP contribution in [0.15, 0.2) is 48.5 Å². The number of nitrogens with zero attached hydrogens (tertiary/aromatic N) is 1. The molecule has 1 aliphatic heterocycles. The lowest BCUT2D eigenvalue weighted by molar-refractivity contribution is -0.121. The molecular formula is C21H24N2O3. The number of nitrogens with one attached hydrogen (secondary N) is 1. The fourth-order valence-electron chi connectivity index (χ4n) is 3.05. The highest BCUT2D eigenvalue weighted by Gasteiger charge is 2.21. The summed E-state index contributed by atoms with van der Waals surface area (Å²) in [7, 11) is 1.64. The summed E-state index contributed by atoms with van der Waals surface area (Å²) < 4.78 is 5.13. The summed E-state index contributed by atoms with van der Waals surface area (Å²) in [4.78, 5) is 25.6. The Morgan fingerprint density at radius 2 is 1.77 bits per heavy atom. The lowest BCUT2D eigenvalue weighted by atomic mass is 10.1. The average Bonchev–Trinajstić information content (AvgIpc) is 3.11. The number of aryl methyl sites for hydroxylation is 1. The largest absolute Gasteiger partial charge is 0.497 e. The molecule has 136 valence electrons. The molecule has 0 spiro atoms. The van der Waals surface area contributed by atoms with Crippen LogP contribution in [0.2, 0.25) is 0 Å². The molecule has 26 heavy (non-hydrogen) atoms. The van der Waals surface area contributed by atoms with E-state index in [4.69, 9.17) is 4.74 Å². The highest BCUT2D eigenvalue weighted by Crippen LogP contribution is 2.21. The van der Waals surface area contributed by atoms with Crippen molar-refractivity contribution in [3.05, 3.63) is 59.7 Å². The number of rotatable bonds is 7. The average molecular weight is 352 g/mol. The van der Waals surface area contributed by atoms with E-state index in [-0.39, 0.29) is 11.8 Å². The molecule has 3 rings (SSSR count). The van der Waals surface area contributed by atoms with Gasteiger partial charge in [-0.3, -0.25) is 9.59 Å². The first-order valence-corrected chi connectivity index (χ1v) is 8.94. The maximum Gasteiger partial charge on any atom is 0.227 e. The number of hydrogen-bond acceptors (Lipinski definition) is 3. The molecule has 1 saturated heterocycles. The normalized spacial score (nSPS) is 13.7. The Bertz CT molecular complexity index is 754. The summed E-state index contributed by atoms with van der Waals surface area (Å²) in [5.74, 6) is 1.03. The van der Waals surface area contributed by atoms with Gasteiger partial charge in [0.1, 0.15) is 5.75 Å². The molecule has 2 aromatic rings. The van der Waals surface area contributed by atoms with Crippen LogP contribution < -0.4 is 15.0 Å². The predicted molar refractivity (Wildman–Crippen MR) is 101 cm³/mol. The first-order valence-electron chi connectivity index (χ1n) is 8.94. The first-order chi connectivity index (χ1) is 12.7. The molecule has 0 unspecified atom stereocenters. The van der Waals surface area contributed by atoms with Gasteiger partial charge in [-0.05, 0) is 48.2 Å². The Labute approximate surface area is 154 Å². The molecule has 2 amide bonds. The van der Waals surface area contributed by atoms with Crippen LogP contribution in [-0.2, 0) is 22.6 Å². The summed E-state index contributed by atoms with van der Waals surface area (Å²) in [6.07, 6.45) is 2.70. The maximum atomic E-state index is 12.0. The molecule has 1 N–H and O–H groups in total. The van der Waals surface area contributed by atoms with Crippen molar-refractivity contribution in [1.29, 1.82) is 0 Å². The van der Waals surface area contributed by atoms with Crippen LogP contribution in [0, 0.1) is 0 Å². The van der Waals surface area contributed by atoms with Crippen LogP contribution in [0.25, 0.3) is 0 Å². The fourth-order valence-corrected chi connectivity index (χ4v) is 3.05. The second-order valence-electron chi connectivity index (χ2n) is 6.44.